The Labute approximate surface area is 104 Å². The molecule has 17 heavy (non-hydrogen) atoms. The monoisotopic (exact) mass is 230 g/mol. The molecule has 1 N–H and O–H groups in total. The van der Waals surface area contributed by atoms with Crippen molar-refractivity contribution in [2.24, 2.45) is 0 Å². The zero-order valence-corrected chi connectivity index (χ0v) is 10.7. The van der Waals surface area contributed by atoms with E-state index in [1.165, 1.54) is 37.9 Å². The standard InChI is InChI=1S/C15H22N2/c1-12-5-4-10-17(12)11-15-14-7-3-2-6-13(14)8-9-16-15/h2-3,6-7,12,15-16H,4-5,8-11H2,1H3. The molecule has 2 unspecified atom stereocenters. The van der Waals surface area contributed by atoms with Crippen LogP contribution in [0.3, 0.4) is 0 Å². The maximum atomic E-state index is 3.68. The molecule has 0 bridgehead atoms. The number of hydrogen-bond acceptors (Lipinski definition) is 2. The highest BCUT2D eigenvalue weighted by atomic mass is 15.2. The Balaban J connectivity index is 1.76. The van der Waals surface area contributed by atoms with Gasteiger partial charge in [-0.15, -0.1) is 0 Å². The van der Waals surface area contributed by atoms with Crippen LogP contribution < -0.4 is 5.32 Å². The summed E-state index contributed by atoms with van der Waals surface area (Å²) < 4.78 is 0. The minimum absolute atomic E-state index is 0.542. The van der Waals surface area contributed by atoms with E-state index in [2.05, 4.69) is 41.4 Å². The van der Waals surface area contributed by atoms with E-state index in [0.29, 0.717) is 6.04 Å². The zero-order chi connectivity index (χ0) is 11.7. The molecule has 1 fully saturated rings. The van der Waals surface area contributed by atoms with Gasteiger partial charge in [-0.25, -0.2) is 0 Å². The lowest BCUT2D eigenvalue weighted by Gasteiger charge is -2.32. The van der Waals surface area contributed by atoms with Crippen molar-refractivity contribution in [2.45, 2.75) is 38.3 Å². The van der Waals surface area contributed by atoms with Crippen LogP contribution in [0.15, 0.2) is 24.3 Å². The van der Waals surface area contributed by atoms with Crippen LogP contribution in [0.5, 0.6) is 0 Å². The van der Waals surface area contributed by atoms with Gasteiger partial charge in [-0.2, -0.15) is 0 Å². The Kier molecular flexibility index (Phi) is 3.17. The van der Waals surface area contributed by atoms with E-state index in [1.54, 1.807) is 5.56 Å². The molecule has 2 heteroatoms. The topological polar surface area (TPSA) is 15.3 Å². The summed E-state index contributed by atoms with van der Waals surface area (Å²) in [6, 6.07) is 10.2. The number of nitrogens with one attached hydrogen (secondary N) is 1. The molecule has 0 saturated carbocycles. The molecule has 92 valence electrons. The lowest BCUT2D eigenvalue weighted by Crippen LogP contribution is -2.40. The van der Waals surface area contributed by atoms with Crippen molar-refractivity contribution in [3.8, 4) is 0 Å². The quantitative estimate of drug-likeness (QED) is 0.839. The van der Waals surface area contributed by atoms with Gasteiger partial charge in [0.2, 0.25) is 0 Å². The fourth-order valence-corrected chi connectivity index (χ4v) is 3.25. The highest BCUT2D eigenvalue weighted by Gasteiger charge is 2.26. The predicted octanol–water partition coefficient (Wildman–Crippen LogP) is 2.36. The summed E-state index contributed by atoms with van der Waals surface area (Å²) in [5, 5.41) is 3.68. The zero-order valence-electron chi connectivity index (χ0n) is 10.7. The third kappa shape index (κ3) is 2.24. The normalized spacial score (nSPS) is 29.2. The molecule has 0 radical (unpaired) electrons. The van der Waals surface area contributed by atoms with E-state index < -0.39 is 0 Å². The van der Waals surface area contributed by atoms with Crippen molar-refractivity contribution in [1.29, 1.82) is 0 Å². The van der Waals surface area contributed by atoms with Crippen molar-refractivity contribution < 1.29 is 0 Å². The van der Waals surface area contributed by atoms with Gasteiger partial charge in [-0.1, -0.05) is 24.3 Å². The summed E-state index contributed by atoms with van der Waals surface area (Å²) in [6.45, 7) is 5.95. The lowest BCUT2D eigenvalue weighted by molar-refractivity contribution is 0.234. The molecule has 2 aliphatic rings. The van der Waals surface area contributed by atoms with E-state index in [4.69, 9.17) is 0 Å². The van der Waals surface area contributed by atoms with Crippen LogP contribution in [0.2, 0.25) is 0 Å². The molecule has 3 rings (SSSR count). The molecule has 2 nitrogen and oxygen atoms in total. The van der Waals surface area contributed by atoms with Crippen LogP contribution in [0, 0.1) is 0 Å². The molecule has 1 saturated heterocycles. The van der Waals surface area contributed by atoms with E-state index in [0.717, 1.165) is 12.6 Å². The fourth-order valence-electron chi connectivity index (χ4n) is 3.25. The summed E-state index contributed by atoms with van der Waals surface area (Å²) in [7, 11) is 0. The summed E-state index contributed by atoms with van der Waals surface area (Å²) in [6.07, 6.45) is 3.92. The average molecular weight is 230 g/mol. The van der Waals surface area contributed by atoms with E-state index in [-0.39, 0.29) is 0 Å². The van der Waals surface area contributed by atoms with E-state index in [1.807, 2.05) is 0 Å². The van der Waals surface area contributed by atoms with Gasteiger partial charge < -0.3 is 5.32 Å². The maximum absolute atomic E-state index is 3.68. The van der Waals surface area contributed by atoms with Crippen molar-refractivity contribution in [1.82, 2.24) is 10.2 Å². The molecular weight excluding hydrogens is 208 g/mol. The van der Waals surface area contributed by atoms with Crippen LogP contribution >= 0.6 is 0 Å². The lowest BCUT2D eigenvalue weighted by atomic mass is 9.94. The first kappa shape index (κ1) is 11.2. The smallest absolute Gasteiger partial charge is 0.0452 e. The van der Waals surface area contributed by atoms with Crippen molar-refractivity contribution in [3.63, 3.8) is 0 Å². The van der Waals surface area contributed by atoms with Crippen LogP contribution in [0.25, 0.3) is 0 Å². The average Bonchev–Trinajstić information content (AvgIpc) is 2.76. The van der Waals surface area contributed by atoms with Gasteiger partial charge in [0.15, 0.2) is 0 Å². The number of benzene rings is 1. The second-order valence-electron chi connectivity index (χ2n) is 5.44. The highest BCUT2D eigenvalue weighted by molar-refractivity contribution is 5.32. The molecule has 0 spiro atoms. The molecule has 2 aliphatic heterocycles. The third-order valence-electron chi connectivity index (χ3n) is 4.32. The second-order valence-corrected chi connectivity index (χ2v) is 5.44. The van der Waals surface area contributed by atoms with Gasteiger partial charge in [0.1, 0.15) is 0 Å². The van der Waals surface area contributed by atoms with Crippen LogP contribution in [0.1, 0.15) is 36.9 Å². The van der Waals surface area contributed by atoms with E-state index >= 15 is 0 Å². The van der Waals surface area contributed by atoms with Crippen LogP contribution in [-0.2, 0) is 6.42 Å². The Morgan fingerprint density at radius 1 is 1.35 bits per heavy atom. The number of fused-ring (bicyclic) bond motifs is 1. The van der Waals surface area contributed by atoms with Gasteiger partial charge in [0.25, 0.3) is 0 Å². The summed E-state index contributed by atoms with van der Waals surface area (Å²) >= 11 is 0. The molecule has 2 atom stereocenters. The first-order valence-corrected chi connectivity index (χ1v) is 6.90. The van der Waals surface area contributed by atoms with Gasteiger partial charge in [0.05, 0.1) is 0 Å². The van der Waals surface area contributed by atoms with Gasteiger partial charge in [-0.3, -0.25) is 4.90 Å². The highest BCUT2D eigenvalue weighted by Crippen LogP contribution is 2.26. The molecule has 0 amide bonds. The van der Waals surface area contributed by atoms with Gasteiger partial charge in [-0.05, 0) is 50.4 Å². The number of likely N-dealkylation sites (tertiary alicyclic amines) is 1. The van der Waals surface area contributed by atoms with Crippen molar-refractivity contribution in [3.05, 3.63) is 35.4 Å². The Morgan fingerprint density at radius 2 is 2.24 bits per heavy atom. The van der Waals surface area contributed by atoms with Crippen molar-refractivity contribution in [2.75, 3.05) is 19.6 Å². The van der Waals surface area contributed by atoms with Gasteiger partial charge in [0, 0.05) is 18.6 Å². The Hall–Kier alpha value is -0.860. The second kappa shape index (κ2) is 4.79. The third-order valence-corrected chi connectivity index (χ3v) is 4.32. The predicted molar refractivity (Wildman–Crippen MR) is 71.2 cm³/mol. The largest absolute Gasteiger partial charge is 0.309 e. The number of nitrogens with zero attached hydrogens (tertiary/aromatic N) is 1. The summed E-state index contributed by atoms with van der Waals surface area (Å²) in [5.41, 5.74) is 3.07. The van der Waals surface area contributed by atoms with Crippen LogP contribution in [-0.4, -0.2) is 30.6 Å². The van der Waals surface area contributed by atoms with Crippen LogP contribution in [0.4, 0.5) is 0 Å². The Morgan fingerprint density at radius 3 is 3.06 bits per heavy atom. The maximum Gasteiger partial charge on any atom is 0.0452 e. The number of hydrogen-bond donors (Lipinski definition) is 1. The van der Waals surface area contributed by atoms with Crippen molar-refractivity contribution >= 4 is 0 Å². The molecular formula is C15H22N2. The number of rotatable bonds is 2. The molecule has 2 heterocycles. The van der Waals surface area contributed by atoms with E-state index in [9.17, 15) is 0 Å². The molecule has 0 aromatic heterocycles. The van der Waals surface area contributed by atoms with Gasteiger partial charge >= 0.3 is 0 Å². The Bertz CT molecular complexity index is 388. The molecule has 0 aliphatic carbocycles. The molecule has 1 aromatic rings. The summed E-state index contributed by atoms with van der Waals surface area (Å²) in [5.74, 6) is 0. The summed E-state index contributed by atoms with van der Waals surface area (Å²) in [4.78, 5) is 2.64. The SMILES string of the molecule is CC1CCCN1CC1NCCc2ccccc21. The molecule has 1 aromatic carbocycles. The minimum atomic E-state index is 0.542. The first-order valence-electron chi connectivity index (χ1n) is 6.90. The minimum Gasteiger partial charge on any atom is -0.309 e. The fraction of sp³-hybridized carbons (Fsp3) is 0.600. The first-order chi connectivity index (χ1) is 8.34.